The molecule has 2 aromatic rings. The Labute approximate surface area is 157 Å². The number of hydrogen-bond acceptors (Lipinski definition) is 6. The number of nitrogens with zero attached hydrogens (tertiary/aromatic N) is 3. The number of nitrogens with one attached hydrogen (secondary N) is 1. The van der Waals surface area contributed by atoms with E-state index in [0.29, 0.717) is 12.2 Å². The maximum atomic E-state index is 12.5. The molecular weight excluding hydrogens is 348 g/mol. The Morgan fingerprint density at radius 1 is 1.26 bits per heavy atom. The van der Waals surface area contributed by atoms with Gasteiger partial charge in [-0.2, -0.15) is 10.3 Å². The molecule has 1 N–H and O–H groups in total. The Bertz CT molecular complexity index is 854. The van der Waals surface area contributed by atoms with Crippen molar-refractivity contribution in [3.8, 4) is 11.3 Å². The van der Waals surface area contributed by atoms with Crippen LogP contribution in [-0.2, 0) is 15.9 Å². The molecule has 0 spiro atoms. The lowest BCUT2D eigenvalue weighted by molar-refractivity contribution is 0.0518. The van der Waals surface area contributed by atoms with Gasteiger partial charge in [0.15, 0.2) is 5.69 Å². The fourth-order valence-corrected chi connectivity index (χ4v) is 3.03. The second-order valence-electron chi connectivity index (χ2n) is 7.32. The maximum absolute atomic E-state index is 12.5. The van der Waals surface area contributed by atoms with Crippen LogP contribution in [0.2, 0.25) is 0 Å². The van der Waals surface area contributed by atoms with Crippen LogP contribution in [0.15, 0.2) is 18.2 Å². The molecule has 1 aromatic heterocycles. The summed E-state index contributed by atoms with van der Waals surface area (Å²) in [5.41, 5.74) is 2.60. The van der Waals surface area contributed by atoms with Gasteiger partial charge in [-0.1, -0.05) is 6.07 Å². The first-order chi connectivity index (χ1) is 12.8. The molecule has 0 unspecified atom stereocenters. The zero-order chi connectivity index (χ0) is 19.6. The average Bonchev–Trinajstić information content (AvgIpc) is 3.09. The van der Waals surface area contributed by atoms with E-state index in [1.54, 1.807) is 11.8 Å². The SMILES string of the molecule is CCOC(=O)c1n[nH]nc1-c1ccc2c(c1)CCCN2C(=O)OC(C)(C)C. The smallest absolute Gasteiger partial charge is 0.414 e. The van der Waals surface area contributed by atoms with Crippen molar-refractivity contribution in [1.29, 1.82) is 0 Å². The number of aromatic amines is 1. The van der Waals surface area contributed by atoms with Crippen LogP contribution >= 0.6 is 0 Å². The fraction of sp³-hybridized carbons (Fsp3) is 0.474. The maximum Gasteiger partial charge on any atom is 0.414 e. The molecular formula is C19H24N4O4. The Morgan fingerprint density at radius 3 is 2.74 bits per heavy atom. The van der Waals surface area contributed by atoms with Crippen LogP contribution in [0.3, 0.4) is 0 Å². The molecule has 0 saturated carbocycles. The van der Waals surface area contributed by atoms with Crippen LogP contribution in [0.4, 0.5) is 10.5 Å². The minimum Gasteiger partial charge on any atom is -0.461 e. The molecule has 1 aliphatic heterocycles. The number of rotatable bonds is 3. The molecule has 3 rings (SSSR count). The monoisotopic (exact) mass is 372 g/mol. The van der Waals surface area contributed by atoms with E-state index < -0.39 is 11.6 Å². The lowest BCUT2D eigenvalue weighted by Crippen LogP contribution is -2.39. The molecule has 8 heteroatoms. The molecule has 1 amide bonds. The van der Waals surface area contributed by atoms with E-state index in [1.165, 1.54) is 0 Å². The van der Waals surface area contributed by atoms with Gasteiger partial charge < -0.3 is 9.47 Å². The molecule has 8 nitrogen and oxygen atoms in total. The first kappa shape index (κ1) is 18.9. The van der Waals surface area contributed by atoms with Crippen LogP contribution < -0.4 is 4.90 Å². The number of amides is 1. The third-order valence-corrected chi connectivity index (χ3v) is 4.10. The summed E-state index contributed by atoms with van der Waals surface area (Å²) in [6.45, 7) is 8.16. The molecule has 1 aromatic carbocycles. The molecule has 0 radical (unpaired) electrons. The van der Waals surface area contributed by atoms with Gasteiger partial charge >= 0.3 is 12.1 Å². The van der Waals surface area contributed by atoms with Gasteiger partial charge in [0, 0.05) is 12.1 Å². The predicted molar refractivity (Wildman–Crippen MR) is 99.7 cm³/mol. The second kappa shape index (κ2) is 7.38. The van der Waals surface area contributed by atoms with Gasteiger partial charge in [-0.25, -0.2) is 9.59 Å². The van der Waals surface area contributed by atoms with Crippen molar-refractivity contribution in [2.24, 2.45) is 0 Å². The van der Waals surface area contributed by atoms with Crippen molar-refractivity contribution >= 4 is 17.7 Å². The number of ether oxygens (including phenoxy) is 2. The summed E-state index contributed by atoms with van der Waals surface area (Å²) in [6, 6.07) is 5.62. The van der Waals surface area contributed by atoms with Gasteiger partial charge in [0.2, 0.25) is 0 Å². The molecule has 0 atom stereocenters. The summed E-state index contributed by atoms with van der Waals surface area (Å²) in [6.07, 6.45) is 1.30. The van der Waals surface area contributed by atoms with Gasteiger partial charge in [-0.05, 0) is 58.2 Å². The second-order valence-corrected chi connectivity index (χ2v) is 7.32. The van der Waals surface area contributed by atoms with Gasteiger partial charge in [0.1, 0.15) is 11.3 Å². The van der Waals surface area contributed by atoms with Gasteiger partial charge in [0.05, 0.1) is 12.3 Å². The standard InChI is InChI=1S/C19H24N4O4/c1-5-26-17(24)16-15(20-22-21-16)13-8-9-14-12(11-13)7-6-10-23(14)18(25)27-19(2,3)4/h8-9,11H,5-7,10H2,1-4H3,(H,20,21,22). The van der Waals surface area contributed by atoms with Crippen LogP contribution in [0.5, 0.6) is 0 Å². The Kier molecular flexibility index (Phi) is 5.16. The number of fused-ring (bicyclic) bond motifs is 1. The number of aryl methyl sites for hydroxylation is 1. The largest absolute Gasteiger partial charge is 0.461 e. The minimum atomic E-state index is -0.552. The Balaban J connectivity index is 1.91. The highest BCUT2D eigenvalue weighted by Gasteiger charge is 2.28. The normalized spacial score (nSPS) is 13.9. The Morgan fingerprint density at radius 2 is 2.04 bits per heavy atom. The number of anilines is 1. The highest BCUT2D eigenvalue weighted by atomic mass is 16.6. The average molecular weight is 372 g/mol. The molecule has 0 aliphatic carbocycles. The minimum absolute atomic E-state index is 0.150. The summed E-state index contributed by atoms with van der Waals surface area (Å²) >= 11 is 0. The molecule has 2 heterocycles. The third kappa shape index (κ3) is 4.10. The number of carbonyl (C=O) groups is 2. The lowest BCUT2D eigenvalue weighted by Gasteiger charge is -2.31. The number of H-pyrrole nitrogens is 1. The van der Waals surface area contributed by atoms with Gasteiger partial charge in [-0.15, -0.1) is 5.10 Å². The van der Waals surface area contributed by atoms with Crippen LogP contribution in [0, 0.1) is 0 Å². The van der Waals surface area contributed by atoms with Crippen LogP contribution in [0.25, 0.3) is 11.3 Å². The van der Waals surface area contributed by atoms with Gasteiger partial charge in [-0.3, -0.25) is 4.90 Å². The molecule has 0 bridgehead atoms. The van der Waals surface area contributed by atoms with E-state index in [9.17, 15) is 9.59 Å². The summed E-state index contributed by atoms with van der Waals surface area (Å²) < 4.78 is 10.5. The van der Waals surface area contributed by atoms with Crippen molar-refractivity contribution in [3.63, 3.8) is 0 Å². The molecule has 0 fully saturated rings. The zero-order valence-electron chi connectivity index (χ0n) is 16.0. The predicted octanol–water partition coefficient (Wildman–Crippen LogP) is 3.34. The summed E-state index contributed by atoms with van der Waals surface area (Å²) in [7, 11) is 0. The zero-order valence-corrected chi connectivity index (χ0v) is 16.0. The summed E-state index contributed by atoms with van der Waals surface area (Å²) in [5.74, 6) is -0.519. The third-order valence-electron chi connectivity index (χ3n) is 4.10. The van der Waals surface area contributed by atoms with E-state index in [2.05, 4.69) is 15.4 Å². The summed E-state index contributed by atoms with van der Waals surface area (Å²) in [5, 5.41) is 10.5. The van der Waals surface area contributed by atoms with Crippen LogP contribution in [-0.4, -0.2) is 46.2 Å². The van der Waals surface area contributed by atoms with Crippen molar-refractivity contribution in [2.75, 3.05) is 18.1 Å². The van der Waals surface area contributed by atoms with E-state index in [4.69, 9.17) is 9.47 Å². The van der Waals surface area contributed by atoms with E-state index >= 15 is 0 Å². The van der Waals surface area contributed by atoms with Crippen molar-refractivity contribution in [2.45, 2.75) is 46.1 Å². The number of benzene rings is 1. The van der Waals surface area contributed by atoms with Crippen molar-refractivity contribution < 1.29 is 19.1 Å². The van der Waals surface area contributed by atoms with Crippen molar-refractivity contribution in [1.82, 2.24) is 15.4 Å². The Hall–Kier alpha value is -2.90. The fourth-order valence-electron chi connectivity index (χ4n) is 3.03. The molecule has 0 saturated heterocycles. The van der Waals surface area contributed by atoms with Crippen molar-refractivity contribution in [3.05, 3.63) is 29.5 Å². The topological polar surface area (TPSA) is 97.4 Å². The molecule has 1 aliphatic rings. The molecule has 144 valence electrons. The highest BCUT2D eigenvalue weighted by Crippen LogP contribution is 2.32. The first-order valence-corrected chi connectivity index (χ1v) is 9.02. The number of esters is 1. The van der Waals surface area contributed by atoms with E-state index in [1.807, 2.05) is 39.0 Å². The quantitative estimate of drug-likeness (QED) is 0.830. The number of hydrogen-bond donors (Lipinski definition) is 1. The van der Waals surface area contributed by atoms with Crippen LogP contribution in [0.1, 0.15) is 50.2 Å². The number of carbonyl (C=O) groups excluding carboxylic acids is 2. The first-order valence-electron chi connectivity index (χ1n) is 9.02. The summed E-state index contributed by atoms with van der Waals surface area (Å²) in [4.78, 5) is 26.2. The number of aromatic nitrogens is 3. The van der Waals surface area contributed by atoms with Gasteiger partial charge in [0.25, 0.3) is 0 Å². The van der Waals surface area contributed by atoms with E-state index in [-0.39, 0.29) is 18.4 Å². The highest BCUT2D eigenvalue weighted by molar-refractivity contribution is 5.95. The van der Waals surface area contributed by atoms with E-state index in [0.717, 1.165) is 29.7 Å². The molecule has 27 heavy (non-hydrogen) atoms. The lowest BCUT2D eigenvalue weighted by atomic mass is 9.98.